The van der Waals surface area contributed by atoms with Gasteiger partial charge in [0.15, 0.2) is 0 Å². The second-order valence-electron chi connectivity index (χ2n) is 9.32. The smallest absolute Gasteiger partial charge is 0.353 e. The van der Waals surface area contributed by atoms with E-state index in [-0.39, 0.29) is 41.4 Å². The third-order valence-electron chi connectivity index (χ3n) is 6.95. The minimum atomic E-state index is -3.88. The van der Waals surface area contributed by atoms with Gasteiger partial charge in [-0.2, -0.15) is 8.42 Å². The lowest BCUT2D eigenvalue weighted by Crippen LogP contribution is -2.63. The number of carboxylic acid groups (broad SMARTS) is 1. The summed E-state index contributed by atoms with van der Waals surface area (Å²) in [6, 6.07) is 6.85. The second kappa shape index (κ2) is 10.0. The van der Waals surface area contributed by atoms with Gasteiger partial charge in [-0.3, -0.25) is 9.69 Å². The first-order valence-corrected chi connectivity index (χ1v) is 14.1. The summed E-state index contributed by atoms with van der Waals surface area (Å²) in [4.78, 5) is 28.8. The summed E-state index contributed by atoms with van der Waals surface area (Å²) in [5, 5.41) is 25.7. The predicted octanol–water partition coefficient (Wildman–Crippen LogP) is 0.963. The maximum absolute atomic E-state index is 12.6. The number of rotatable bonds is 9. The number of β-lactam (4-membered cyclic amide) rings is 1. The Morgan fingerprint density at radius 2 is 2.06 bits per heavy atom. The maximum atomic E-state index is 12.6. The van der Waals surface area contributed by atoms with Crippen LogP contribution in [0, 0.1) is 11.8 Å². The number of nitrogens with zero attached hydrogens (tertiary/aromatic N) is 2. The van der Waals surface area contributed by atoms with E-state index in [2.05, 4.69) is 9.62 Å². The molecule has 0 aromatic heterocycles. The highest BCUT2D eigenvalue weighted by atomic mass is 35.5. The first-order chi connectivity index (χ1) is 16.4. The third kappa shape index (κ3) is 5.24. The molecule has 0 spiro atoms. The number of thioether (sulfide) groups is 1. The molecule has 10 nitrogen and oxygen atoms in total. The van der Waals surface area contributed by atoms with Gasteiger partial charge in [0.25, 0.3) is 10.2 Å². The number of carboxylic acids is 1. The summed E-state index contributed by atoms with van der Waals surface area (Å²) in [5.74, 6) is -2.39. The van der Waals surface area contributed by atoms with Gasteiger partial charge in [-0.1, -0.05) is 36.7 Å². The zero-order valence-corrected chi connectivity index (χ0v) is 21.7. The van der Waals surface area contributed by atoms with Crippen molar-refractivity contribution >= 4 is 45.4 Å². The topological polar surface area (TPSA) is 153 Å². The summed E-state index contributed by atoms with van der Waals surface area (Å²) in [7, 11) is -3.88. The van der Waals surface area contributed by atoms with Crippen molar-refractivity contribution in [2.75, 3.05) is 13.1 Å². The molecule has 192 valence electrons. The number of aliphatic carboxylic acids is 1. The molecule has 3 aliphatic heterocycles. The van der Waals surface area contributed by atoms with Crippen LogP contribution in [0.3, 0.4) is 0 Å². The Morgan fingerprint density at radius 3 is 2.66 bits per heavy atom. The first kappa shape index (κ1) is 26.4. The molecule has 6 atom stereocenters. The fourth-order valence-electron chi connectivity index (χ4n) is 5.35. The molecule has 3 heterocycles. The number of nitrogens with two attached hydrogens (primary N) is 1. The summed E-state index contributed by atoms with van der Waals surface area (Å²) in [6.07, 6.45) is -0.281. The monoisotopic (exact) mass is 544 g/mol. The van der Waals surface area contributed by atoms with Crippen molar-refractivity contribution in [3.63, 3.8) is 0 Å². The van der Waals surface area contributed by atoms with Crippen molar-refractivity contribution < 1.29 is 28.2 Å². The van der Waals surface area contributed by atoms with E-state index in [1.165, 1.54) is 16.7 Å². The van der Waals surface area contributed by atoms with E-state index >= 15 is 0 Å². The molecule has 1 amide bonds. The van der Waals surface area contributed by atoms with Crippen molar-refractivity contribution in [2.24, 2.45) is 17.0 Å². The summed E-state index contributed by atoms with van der Waals surface area (Å²) >= 11 is 7.76. The van der Waals surface area contributed by atoms with Crippen LogP contribution >= 0.6 is 23.4 Å². The molecule has 35 heavy (non-hydrogen) atoms. The van der Waals surface area contributed by atoms with Crippen molar-refractivity contribution in [2.45, 2.75) is 50.3 Å². The molecular formula is C22H29ClN4O6S2. The van der Waals surface area contributed by atoms with Gasteiger partial charge in [-0.15, -0.1) is 11.8 Å². The lowest BCUT2D eigenvalue weighted by Gasteiger charge is -2.46. The third-order valence-corrected chi connectivity index (χ3v) is 9.38. The number of hydrogen-bond donors (Lipinski definition) is 4. The molecule has 4 rings (SSSR count). The van der Waals surface area contributed by atoms with Gasteiger partial charge >= 0.3 is 5.97 Å². The van der Waals surface area contributed by atoms with Gasteiger partial charge in [0.2, 0.25) is 5.91 Å². The number of halogens is 1. The maximum Gasteiger partial charge on any atom is 0.353 e. The van der Waals surface area contributed by atoms with Crippen LogP contribution in [-0.4, -0.2) is 76.8 Å². The highest BCUT2D eigenvalue weighted by molar-refractivity contribution is 8.03. The van der Waals surface area contributed by atoms with E-state index in [0.717, 1.165) is 5.56 Å². The molecule has 1 aromatic carbocycles. The normalized spacial score (nSPS) is 29.9. The highest BCUT2D eigenvalue weighted by Crippen LogP contribution is 2.52. The molecule has 1 aromatic rings. The fraction of sp³-hybridized carbons (Fsp3) is 0.545. The quantitative estimate of drug-likeness (QED) is 0.335. The average Bonchev–Trinajstić information content (AvgIpc) is 3.24. The van der Waals surface area contributed by atoms with Crippen LogP contribution in [-0.2, 0) is 26.3 Å². The van der Waals surface area contributed by atoms with Crippen LogP contribution in [0.2, 0.25) is 5.02 Å². The zero-order valence-electron chi connectivity index (χ0n) is 19.3. The number of amides is 1. The number of carbonyl (C=O) groups is 2. The number of likely N-dealkylation sites (tertiary alicyclic amines) is 1. The van der Waals surface area contributed by atoms with E-state index in [9.17, 15) is 28.2 Å². The number of fused-ring (bicyclic) bond motifs is 1. The minimum absolute atomic E-state index is 0.0156. The molecule has 2 fully saturated rings. The van der Waals surface area contributed by atoms with Crippen molar-refractivity contribution in [1.82, 2.24) is 14.5 Å². The molecule has 13 heteroatoms. The molecule has 0 saturated carbocycles. The number of aliphatic hydroxyl groups is 1. The van der Waals surface area contributed by atoms with E-state index in [1.807, 2.05) is 25.1 Å². The van der Waals surface area contributed by atoms with E-state index < -0.39 is 28.2 Å². The number of benzene rings is 1. The fourth-order valence-corrected chi connectivity index (χ4v) is 7.56. The Balaban J connectivity index is 1.56. The SMILES string of the molecule is C[C@@H](O)[C@H]1C(=O)N2C(C(=O)O)=C(S[C@H]3C[C@@H](CNS(N)(=O)=O)N(Cc4ccccc4Cl)C3)[C@H](C)[C@H]12. The summed E-state index contributed by atoms with van der Waals surface area (Å²) in [5.41, 5.74) is 0.882. The lowest BCUT2D eigenvalue weighted by atomic mass is 9.79. The van der Waals surface area contributed by atoms with Crippen LogP contribution in [0.25, 0.3) is 0 Å². The second-order valence-corrected chi connectivity index (χ2v) is 12.4. The molecular weight excluding hydrogens is 516 g/mol. The van der Waals surface area contributed by atoms with Gasteiger partial charge in [-0.05, 0) is 25.0 Å². The standard InChI is InChI=1S/C22H29ClN4O6S2/c1-11-18-17(12(2)28)21(29)27(18)19(22(30)31)20(11)34-15-7-14(8-25-35(24,32)33)26(10-15)9-13-5-3-4-6-16(13)23/h3-6,11-12,14-15,17-18,25,28H,7-10H2,1-2H3,(H,30,31)(H2,24,32,33)/t11-,12-,14+,15+,17-,18-/m1/s1. The summed E-state index contributed by atoms with van der Waals surface area (Å²) < 4.78 is 25.4. The van der Waals surface area contributed by atoms with Crippen molar-refractivity contribution in [3.05, 3.63) is 45.5 Å². The average molecular weight is 545 g/mol. The molecule has 0 bridgehead atoms. The van der Waals surface area contributed by atoms with Gasteiger partial charge in [0.05, 0.1) is 18.1 Å². The van der Waals surface area contributed by atoms with Gasteiger partial charge < -0.3 is 15.1 Å². The zero-order chi connectivity index (χ0) is 25.7. The molecule has 2 saturated heterocycles. The van der Waals surface area contributed by atoms with E-state index in [4.69, 9.17) is 16.7 Å². The van der Waals surface area contributed by atoms with Crippen LogP contribution in [0.15, 0.2) is 34.9 Å². The summed E-state index contributed by atoms with van der Waals surface area (Å²) in [6.45, 7) is 4.59. The molecule has 3 aliphatic rings. The molecule has 0 radical (unpaired) electrons. The van der Waals surface area contributed by atoms with Crippen LogP contribution < -0.4 is 9.86 Å². The Hall–Kier alpha value is -1.67. The van der Waals surface area contributed by atoms with Gasteiger partial charge in [0, 0.05) is 46.8 Å². The number of aliphatic hydroxyl groups excluding tert-OH is 1. The lowest BCUT2D eigenvalue weighted by molar-refractivity contribution is -0.163. The van der Waals surface area contributed by atoms with Crippen LogP contribution in [0.4, 0.5) is 0 Å². The van der Waals surface area contributed by atoms with Crippen LogP contribution in [0.1, 0.15) is 25.8 Å². The number of carbonyl (C=O) groups excluding carboxylic acids is 1. The largest absolute Gasteiger partial charge is 0.477 e. The van der Waals surface area contributed by atoms with Gasteiger partial charge in [-0.25, -0.2) is 14.7 Å². The molecule has 5 N–H and O–H groups in total. The van der Waals surface area contributed by atoms with E-state index in [1.54, 1.807) is 13.0 Å². The Bertz CT molecular complexity index is 1160. The Morgan fingerprint density at radius 1 is 1.37 bits per heavy atom. The Labute approximate surface area is 213 Å². The number of hydrogen-bond acceptors (Lipinski definition) is 7. The van der Waals surface area contributed by atoms with Crippen molar-refractivity contribution in [3.8, 4) is 0 Å². The van der Waals surface area contributed by atoms with Crippen molar-refractivity contribution in [1.29, 1.82) is 0 Å². The highest BCUT2D eigenvalue weighted by Gasteiger charge is 2.60. The number of nitrogens with one attached hydrogen (secondary N) is 1. The first-order valence-electron chi connectivity index (χ1n) is 11.3. The molecule has 0 aliphatic carbocycles. The minimum Gasteiger partial charge on any atom is -0.477 e. The van der Waals surface area contributed by atoms with Gasteiger partial charge in [0.1, 0.15) is 5.70 Å². The van der Waals surface area contributed by atoms with Crippen LogP contribution in [0.5, 0.6) is 0 Å². The Kier molecular flexibility index (Phi) is 7.54. The molecule has 0 unspecified atom stereocenters. The van der Waals surface area contributed by atoms with E-state index in [0.29, 0.717) is 29.4 Å². The predicted molar refractivity (Wildman–Crippen MR) is 132 cm³/mol.